The molecule has 3 nitrogen and oxygen atoms in total. The van der Waals surface area contributed by atoms with E-state index in [2.05, 4.69) is 24.4 Å². The van der Waals surface area contributed by atoms with Crippen molar-refractivity contribution in [2.24, 2.45) is 5.92 Å². The molecule has 1 N–H and O–H groups in total. The summed E-state index contributed by atoms with van der Waals surface area (Å²) in [7, 11) is 0. The predicted molar refractivity (Wildman–Crippen MR) is 80.3 cm³/mol. The van der Waals surface area contributed by atoms with Crippen molar-refractivity contribution < 1.29 is 9.47 Å². The number of rotatable bonds is 4. The van der Waals surface area contributed by atoms with Gasteiger partial charge in [-0.1, -0.05) is 25.3 Å². The largest absolute Gasteiger partial charge is 0.486 e. The van der Waals surface area contributed by atoms with E-state index in [-0.39, 0.29) is 0 Å². The summed E-state index contributed by atoms with van der Waals surface area (Å²) in [5.74, 6) is 2.61. The summed E-state index contributed by atoms with van der Waals surface area (Å²) in [4.78, 5) is 0. The van der Waals surface area contributed by atoms with Crippen molar-refractivity contribution in [3.05, 3.63) is 23.8 Å². The van der Waals surface area contributed by atoms with Gasteiger partial charge in [0.1, 0.15) is 13.2 Å². The van der Waals surface area contributed by atoms with E-state index in [4.69, 9.17) is 9.47 Å². The zero-order chi connectivity index (χ0) is 13.8. The van der Waals surface area contributed by atoms with Crippen LogP contribution in [0.4, 0.5) is 0 Å². The molecule has 20 heavy (non-hydrogen) atoms. The molecule has 1 aromatic rings. The molecule has 110 valence electrons. The molecule has 0 spiro atoms. The lowest BCUT2D eigenvalue weighted by Crippen LogP contribution is -2.34. The monoisotopic (exact) mass is 275 g/mol. The smallest absolute Gasteiger partial charge is 0.161 e. The number of hydrogen-bond donors (Lipinski definition) is 1. The second-order valence-electron chi connectivity index (χ2n) is 6.05. The van der Waals surface area contributed by atoms with Crippen LogP contribution in [0, 0.1) is 5.92 Å². The molecular formula is C17H25NO2. The molecular weight excluding hydrogens is 250 g/mol. The van der Waals surface area contributed by atoms with Gasteiger partial charge in [-0.25, -0.2) is 0 Å². The number of nitrogens with one attached hydrogen (secondary N) is 1. The van der Waals surface area contributed by atoms with Gasteiger partial charge < -0.3 is 14.8 Å². The number of hydrogen-bond acceptors (Lipinski definition) is 3. The topological polar surface area (TPSA) is 30.5 Å². The van der Waals surface area contributed by atoms with Gasteiger partial charge in [-0.3, -0.25) is 0 Å². The third-order valence-corrected chi connectivity index (χ3v) is 4.59. The number of fused-ring (bicyclic) bond motifs is 1. The van der Waals surface area contributed by atoms with Gasteiger partial charge in [-0.15, -0.1) is 0 Å². The highest BCUT2D eigenvalue weighted by Crippen LogP contribution is 2.31. The lowest BCUT2D eigenvalue weighted by Gasteiger charge is -2.28. The Kier molecular flexibility index (Phi) is 4.46. The van der Waals surface area contributed by atoms with E-state index >= 15 is 0 Å². The van der Waals surface area contributed by atoms with E-state index in [1.54, 1.807) is 0 Å². The van der Waals surface area contributed by atoms with E-state index in [0.29, 0.717) is 19.3 Å². The zero-order valence-electron chi connectivity index (χ0n) is 12.4. The highest BCUT2D eigenvalue weighted by Gasteiger charge is 2.19. The van der Waals surface area contributed by atoms with Crippen LogP contribution in [0.5, 0.6) is 11.5 Å². The Labute approximate surface area is 121 Å². The Morgan fingerprint density at radius 1 is 1.10 bits per heavy atom. The molecule has 2 aliphatic rings. The number of ether oxygens (including phenoxy) is 2. The molecule has 3 rings (SSSR count). The van der Waals surface area contributed by atoms with E-state index in [9.17, 15) is 0 Å². The summed E-state index contributed by atoms with van der Waals surface area (Å²) in [6, 6.07) is 6.86. The van der Waals surface area contributed by atoms with Gasteiger partial charge in [0, 0.05) is 12.6 Å². The van der Waals surface area contributed by atoms with Crippen molar-refractivity contribution in [2.75, 3.05) is 13.2 Å². The van der Waals surface area contributed by atoms with Crippen molar-refractivity contribution >= 4 is 0 Å². The fourth-order valence-corrected chi connectivity index (χ4v) is 3.28. The second kappa shape index (κ2) is 6.49. The van der Waals surface area contributed by atoms with Crippen molar-refractivity contribution in [1.29, 1.82) is 0 Å². The summed E-state index contributed by atoms with van der Waals surface area (Å²) in [6.07, 6.45) is 7.00. The van der Waals surface area contributed by atoms with Gasteiger partial charge >= 0.3 is 0 Å². The summed E-state index contributed by atoms with van der Waals surface area (Å²) >= 11 is 0. The Hall–Kier alpha value is -1.22. The number of benzene rings is 1. The minimum Gasteiger partial charge on any atom is -0.486 e. The van der Waals surface area contributed by atoms with Gasteiger partial charge in [-0.05, 0) is 43.4 Å². The van der Waals surface area contributed by atoms with Gasteiger partial charge in [0.15, 0.2) is 11.5 Å². The molecule has 0 unspecified atom stereocenters. The van der Waals surface area contributed by atoms with Crippen LogP contribution in [0.15, 0.2) is 18.2 Å². The highest BCUT2D eigenvalue weighted by molar-refractivity contribution is 5.43. The molecule has 1 atom stereocenters. The lowest BCUT2D eigenvalue weighted by molar-refractivity contribution is 0.171. The Bertz CT molecular complexity index is 441. The van der Waals surface area contributed by atoms with Crippen molar-refractivity contribution in [3.63, 3.8) is 0 Å². The van der Waals surface area contributed by atoms with Crippen molar-refractivity contribution in [1.82, 2.24) is 5.32 Å². The predicted octanol–water partition coefficient (Wildman–Crippen LogP) is 3.52. The average molecular weight is 275 g/mol. The lowest BCUT2D eigenvalue weighted by atomic mass is 9.84. The normalized spacial score (nSPS) is 20.6. The molecule has 1 aromatic carbocycles. The van der Waals surface area contributed by atoms with E-state index in [0.717, 1.165) is 24.0 Å². The summed E-state index contributed by atoms with van der Waals surface area (Å²) in [6.45, 7) is 4.55. The third-order valence-electron chi connectivity index (χ3n) is 4.59. The first kappa shape index (κ1) is 13.7. The molecule has 1 aliphatic carbocycles. The van der Waals surface area contributed by atoms with Crippen molar-refractivity contribution in [2.45, 2.75) is 51.6 Å². The minimum absolute atomic E-state index is 0.600. The average Bonchev–Trinajstić information content (AvgIpc) is 2.53. The van der Waals surface area contributed by atoms with Gasteiger partial charge in [0.05, 0.1) is 0 Å². The first-order valence-corrected chi connectivity index (χ1v) is 7.95. The van der Waals surface area contributed by atoms with Crippen LogP contribution in [0.1, 0.15) is 44.6 Å². The molecule has 0 aromatic heterocycles. The molecule has 1 heterocycles. The van der Waals surface area contributed by atoms with Crippen LogP contribution in [-0.4, -0.2) is 19.3 Å². The fraction of sp³-hybridized carbons (Fsp3) is 0.647. The van der Waals surface area contributed by atoms with Gasteiger partial charge in [0.25, 0.3) is 0 Å². The van der Waals surface area contributed by atoms with Crippen LogP contribution in [0.25, 0.3) is 0 Å². The summed E-state index contributed by atoms with van der Waals surface area (Å²) in [5, 5.41) is 3.68. The molecule has 3 heteroatoms. The first-order chi connectivity index (χ1) is 9.83. The van der Waals surface area contributed by atoms with Crippen LogP contribution in [0.3, 0.4) is 0 Å². The molecule has 0 bridgehead atoms. The molecule has 0 saturated heterocycles. The molecule has 1 saturated carbocycles. The minimum atomic E-state index is 0.600. The second-order valence-corrected chi connectivity index (χ2v) is 6.05. The molecule has 0 radical (unpaired) electrons. The van der Waals surface area contributed by atoms with Crippen LogP contribution in [0.2, 0.25) is 0 Å². The van der Waals surface area contributed by atoms with Gasteiger partial charge in [-0.2, -0.15) is 0 Å². The third kappa shape index (κ3) is 3.26. The molecule has 0 amide bonds. The fourth-order valence-electron chi connectivity index (χ4n) is 3.28. The maximum atomic E-state index is 5.63. The van der Waals surface area contributed by atoms with Crippen LogP contribution in [-0.2, 0) is 6.54 Å². The van der Waals surface area contributed by atoms with Gasteiger partial charge in [0.2, 0.25) is 0 Å². The quantitative estimate of drug-likeness (QED) is 0.912. The van der Waals surface area contributed by atoms with E-state index in [1.165, 1.54) is 37.7 Å². The highest BCUT2D eigenvalue weighted by atomic mass is 16.6. The molecule has 1 fully saturated rings. The first-order valence-electron chi connectivity index (χ1n) is 7.95. The van der Waals surface area contributed by atoms with E-state index < -0.39 is 0 Å². The Morgan fingerprint density at radius 3 is 2.65 bits per heavy atom. The maximum absolute atomic E-state index is 5.63. The molecule has 1 aliphatic heterocycles. The van der Waals surface area contributed by atoms with Crippen LogP contribution < -0.4 is 14.8 Å². The standard InChI is InChI=1S/C17H25NO2/c1-13(15-5-3-2-4-6-15)18-12-14-7-8-16-17(11-14)20-10-9-19-16/h7-8,11,13,15,18H,2-6,9-10,12H2,1H3/t13-/m1/s1. The Morgan fingerprint density at radius 2 is 1.85 bits per heavy atom. The summed E-state index contributed by atoms with van der Waals surface area (Å²) < 4.78 is 11.2. The Balaban J connectivity index is 1.55. The summed E-state index contributed by atoms with van der Waals surface area (Å²) in [5.41, 5.74) is 1.27. The van der Waals surface area contributed by atoms with Crippen molar-refractivity contribution in [3.8, 4) is 11.5 Å². The van der Waals surface area contributed by atoms with E-state index in [1.807, 2.05) is 6.07 Å². The SMILES string of the molecule is C[C@@H](NCc1ccc2c(c1)OCCO2)C1CCCCC1. The maximum Gasteiger partial charge on any atom is 0.161 e. The zero-order valence-corrected chi connectivity index (χ0v) is 12.4. The van der Waals surface area contributed by atoms with Crippen LogP contribution >= 0.6 is 0 Å².